The Labute approximate surface area is 46.4 Å². The molecule has 0 aliphatic carbocycles. The number of allylic oxidation sites excluding steroid dienone is 1. The summed E-state index contributed by atoms with van der Waals surface area (Å²) in [4.78, 5) is 9.78. The van der Waals surface area contributed by atoms with Gasteiger partial charge in [-0.25, -0.2) is 4.79 Å². The lowest BCUT2D eigenvalue weighted by Gasteiger charge is -1.91. The Morgan fingerprint density at radius 1 is 1.88 bits per heavy atom. The minimum Gasteiger partial charge on any atom is -0.434 e. The fourth-order valence-corrected chi connectivity index (χ4v) is 0.481. The lowest BCUT2D eigenvalue weighted by molar-refractivity contribution is 0.322. The van der Waals surface area contributed by atoms with Gasteiger partial charge in [0, 0.05) is 6.42 Å². The molecule has 0 aromatic rings. The van der Waals surface area contributed by atoms with Crippen LogP contribution in [-0.4, -0.2) is 5.94 Å². The molecular weight excluding hydrogens is 106 g/mol. The number of hydrogen-bond donors (Lipinski definition) is 1. The molecule has 2 N–H and O–H groups in total. The number of hydrogen-bond acceptors (Lipinski definition) is 3. The fraction of sp³-hybridized carbons (Fsp3) is 0.200. The molecule has 8 heavy (non-hydrogen) atoms. The van der Waals surface area contributed by atoms with Crippen molar-refractivity contribution >= 4 is 5.94 Å². The smallest absolute Gasteiger partial charge is 0.193 e. The Morgan fingerprint density at radius 3 is 2.88 bits per heavy atom. The molecule has 3 nitrogen and oxygen atoms in total. The van der Waals surface area contributed by atoms with Crippen LogP contribution in [0.25, 0.3) is 0 Å². The highest BCUT2D eigenvalue weighted by molar-refractivity contribution is 5.51. The van der Waals surface area contributed by atoms with E-state index in [1.165, 1.54) is 0 Å². The summed E-state index contributed by atoms with van der Waals surface area (Å²) in [7, 11) is 0. The van der Waals surface area contributed by atoms with Crippen LogP contribution >= 0.6 is 0 Å². The molecule has 0 saturated heterocycles. The van der Waals surface area contributed by atoms with Gasteiger partial charge in [0.05, 0.1) is 0 Å². The lowest BCUT2D eigenvalue weighted by atomic mass is 10.4. The molecule has 0 atom stereocenters. The first-order chi connectivity index (χ1) is 3.83. The van der Waals surface area contributed by atoms with Crippen molar-refractivity contribution in [1.82, 2.24) is 0 Å². The van der Waals surface area contributed by atoms with Crippen LogP contribution in [0.5, 0.6) is 0 Å². The van der Waals surface area contributed by atoms with Crippen molar-refractivity contribution in [2.75, 3.05) is 0 Å². The number of rotatable bonds is 0. The van der Waals surface area contributed by atoms with Gasteiger partial charge < -0.3 is 10.5 Å². The Balaban J connectivity index is 2.69. The van der Waals surface area contributed by atoms with Crippen molar-refractivity contribution in [2.45, 2.75) is 6.42 Å². The second-order valence-corrected chi connectivity index (χ2v) is 1.44. The van der Waals surface area contributed by atoms with Gasteiger partial charge in [0.1, 0.15) is 0 Å². The summed E-state index contributed by atoms with van der Waals surface area (Å²) in [5, 5.41) is 0. The van der Waals surface area contributed by atoms with Gasteiger partial charge in [-0.1, -0.05) is 0 Å². The molecule has 3 heteroatoms. The van der Waals surface area contributed by atoms with Gasteiger partial charge in [-0.2, -0.15) is 0 Å². The van der Waals surface area contributed by atoms with E-state index in [1.807, 2.05) is 0 Å². The highest BCUT2D eigenvalue weighted by Gasteiger charge is 2.06. The molecule has 0 aromatic carbocycles. The molecule has 0 amide bonds. The van der Waals surface area contributed by atoms with Crippen LogP contribution < -0.4 is 5.73 Å². The summed E-state index contributed by atoms with van der Waals surface area (Å²) in [6.07, 6.45) is 2.11. The van der Waals surface area contributed by atoms with Gasteiger partial charge in [-0.05, 0) is 6.08 Å². The molecule has 1 aliphatic heterocycles. The summed E-state index contributed by atoms with van der Waals surface area (Å²) in [6, 6.07) is 0. The predicted octanol–water partition coefficient (Wildman–Crippen LogP) is -0.0777. The quantitative estimate of drug-likeness (QED) is 0.445. The first-order valence-electron chi connectivity index (χ1n) is 2.20. The maximum atomic E-state index is 9.78. The molecule has 0 fully saturated rings. The second-order valence-electron chi connectivity index (χ2n) is 1.44. The molecule has 0 unspecified atom stereocenters. The molecule has 1 rings (SSSR count). The number of carbonyl (C=O) groups excluding carboxylic acids is 1. The van der Waals surface area contributed by atoms with Gasteiger partial charge in [0.15, 0.2) is 17.6 Å². The molecule has 0 spiro atoms. The molecule has 1 heterocycles. The third-order valence-corrected chi connectivity index (χ3v) is 0.844. The number of nitrogens with two attached hydrogens (primary N) is 1. The monoisotopic (exact) mass is 111 g/mol. The van der Waals surface area contributed by atoms with Crippen molar-refractivity contribution in [1.29, 1.82) is 0 Å². The van der Waals surface area contributed by atoms with E-state index in [2.05, 4.69) is 4.74 Å². The third kappa shape index (κ3) is 0.718. The fourth-order valence-electron chi connectivity index (χ4n) is 0.481. The van der Waals surface area contributed by atoms with Crippen LogP contribution in [-0.2, 0) is 9.53 Å². The van der Waals surface area contributed by atoms with Crippen molar-refractivity contribution in [3.8, 4) is 0 Å². The number of ether oxygens (including phenoxy) is 1. The van der Waals surface area contributed by atoms with Crippen molar-refractivity contribution in [3.05, 3.63) is 17.7 Å². The van der Waals surface area contributed by atoms with E-state index in [0.29, 0.717) is 12.3 Å². The molecule has 0 bridgehead atoms. The normalized spacial score (nSPS) is 17.0. The van der Waals surface area contributed by atoms with Gasteiger partial charge in [-0.3, -0.25) is 0 Å². The Hall–Kier alpha value is -1.21. The van der Waals surface area contributed by atoms with Crippen LogP contribution in [0.2, 0.25) is 0 Å². The van der Waals surface area contributed by atoms with Gasteiger partial charge in [0.25, 0.3) is 0 Å². The molecule has 0 saturated carbocycles. The minimum absolute atomic E-state index is 0.266. The zero-order valence-corrected chi connectivity index (χ0v) is 4.18. The van der Waals surface area contributed by atoms with Gasteiger partial charge in [0.2, 0.25) is 0 Å². The highest BCUT2D eigenvalue weighted by atomic mass is 16.5. The van der Waals surface area contributed by atoms with Crippen LogP contribution in [0.4, 0.5) is 0 Å². The van der Waals surface area contributed by atoms with Crippen molar-refractivity contribution in [2.24, 2.45) is 5.73 Å². The van der Waals surface area contributed by atoms with Crippen LogP contribution in [0.1, 0.15) is 6.42 Å². The van der Waals surface area contributed by atoms with E-state index >= 15 is 0 Å². The van der Waals surface area contributed by atoms with Crippen LogP contribution in [0, 0.1) is 0 Å². The standard InChI is InChI=1S/C5H5NO2/c6-5-2-1-4(3-7)8-5/h2H,1,6H2. The van der Waals surface area contributed by atoms with Gasteiger partial charge >= 0.3 is 0 Å². The Morgan fingerprint density at radius 2 is 2.62 bits per heavy atom. The Bertz CT molecular complexity index is 177. The summed E-state index contributed by atoms with van der Waals surface area (Å²) in [6.45, 7) is 0. The topological polar surface area (TPSA) is 52.3 Å². The minimum atomic E-state index is 0.266. The van der Waals surface area contributed by atoms with E-state index in [1.54, 1.807) is 12.0 Å². The average molecular weight is 111 g/mol. The van der Waals surface area contributed by atoms with E-state index in [-0.39, 0.29) is 5.76 Å². The SMILES string of the molecule is NC1=CCC(=C=O)O1. The van der Waals surface area contributed by atoms with E-state index in [9.17, 15) is 4.79 Å². The van der Waals surface area contributed by atoms with Crippen molar-refractivity contribution in [3.63, 3.8) is 0 Å². The van der Waals surface area contributed by atoms with Crippen LogP contribution in [0.3, 0.4) is 0 Å². The largest absolute Gasteiger partial charge is 0.434 e. The molecule has 1 aliphatic rings. The molecule has 0 aromatic heterocycles. The van der Waals surface area contributed by atoms with Gasteiger partial charge in [-0.15, -0.1) is 0 Å². The second kappa shape index (κ2) is 1.72. The van der Waals surface area contributed by atoms with E-state index in [4.69, 9.17) is 5.73 Å². The Kier molecular flexibility index (Phi) is 1.06. The first kappa shape index (κ1) is 4.94. The predicted molar refractivity (Wildman–Crippen MR) is 27.2 cm³/mol. The summed E-state index contributed by atoms with van der Waals surface area (Å²) in [5.74, 6) is 2.17. The molecule has 0 radical (unpaired) electrons. The summed E-state index contributed by atoms with van der Waals surface area (Å²) in [5.41, 5.74) is 5.14. The van der Waals surface area contributed by atoms with E-state index < -0.39 is 0 Å². The zero-order valence-electron chi connectivity index (χ0n) is 4.18. The lowest BCUT2D eigenvalue weighted by Crippen LogP contribution is -1.94. The molecule has 42 valence electrons. The maximum Gasteiger partial charge on any atom is 0.193 e. The first-order valence-corrected chi connectivity index (χ1v) is 2.20. The average Bonchev–Trinajstić information content (AvgIpc) is 2.14. The third-order valence-electron chi connectivity index (χ3n) is 0.844. The summed E-state index contributed by atoms with van der Waals surface area (Å²) < 4.78 is 4.64. The molecular formula is C5H5NO2. The summed E-state index contributed by atoms with van der Waals surface area (Å²) >= 11 is 0. The highest BCUT2D eigenvalue weighted by Crippen LogP contribution is 2.12. The van der Waals surface area contributed by atoms with E-state index in [0.717, 1.165) is 0 Å². The maximum absolute atomic E-state index is 9.78. The van der Waals surface area contributed by atoms with Crippen LogP contribution in [0.15, 0.2) is 17.7 Å². The van der Waals surface area contributed by atoms with Crippen molar-refractivity contribution < 1.29 is 9.53 Å². The zero-order chi connectivity index (χ0) is 5.98.